The molecule has 5 heterocycles. The van der Waals surface area contributed by atoms with E-state index in [1.54, 1.807) is 13.0 Å². The highest BCUT2D eigenvalue weighted by molar-refractivity contribution is 6.28. The number of aliphatic imine (C=N–C) groups is 2. The summed E-state index contributed by atoms with van der Waals surface area (Å²) in [5.74, 6) is 0.836. The number of carbonyl (C=O) groups excluding carboxylic acids is 2. The summed E-state index contributed by atoms with van der Waals surface area (Å²) in [6.45, 7) is 4.54. The van der Waals surface area contributed by atoms with Crippen molar-refractivity contribution in [2.75, 3.05) is 32.9 Å². The van der Waals surface area contributed by atoms with E-state index in [-0.39, 0.29) is 17.9 Å². The molecule has 1 fully saturated rings. The zero-order chi connectivity index (χ0) is 28.9. The highest BCUT2D eigenvalue weighted by atomic mass is 16.5. The van der Waals surface area contributed by atoms with Gasteiger partial charge in [0, 0.05) is 19.3 Å². The first-order chi connectivity index (χ1) is 20.6. The molecule has 2 aromatic heterocycles. The lowest BCUT2D eigenvalue weighted by molar-refractivity contribution is -0.137. The number of amides is 1. The molecule has 11 heteroatoms. The van der Waals surface area contributed by atoms with E-state index in [2.05, 4.69) is 35.2 Å². The van der Waals surface area contributed by atoms with Gasteiger partial charge in [-0.3, -0.25) is 14.8 Å². The minimum absolute atomic E-state index is 0.0754. The van der Waals surface area contributed by atoms with Gasteiger partial charge in [-0.2, -0.15) is 0 Å². The molecule has 214 valence electrons. The fraction of sp³-hybridized carbons (Fsp3) is 0.290. The SMILES string of the molecule is CCOC(=O)C1=CCN=C1c1nc2ccccc2[nH]1.O=C(NC1CCOCC1)C1=CCN=C1c1nc2ccccc2[nH]1. The van der Waals surface area contributed by atoms with E-state index < -0.39 is 0 Å². The van der Waals surface area contributed by atoms with Crippen LogP contribution in [0.2, 0.25) is 0 Å². The van der Waals surface area contributed by atoms with E-state index >= 15 is 0 Å². The molecule has 7 rings (SSSR count). The molecule has 3 N–H and O–H groups in total. The fourth-order valence-electron chi connectivity index (χ4n) is 5.05. The van der Waals surface area contributed by atoms with Gasteiger partial charge in [0.25, 0.3) is 5.91 Å². The maximum atomic E-state index is 12.6. The monoisotopic (exact) mass is 565 g/mol. The van der Waals surface area contributed by atoms with Crippen molar-refractivity contribution in [2.45, 2.75) is 25.8 Å². The van der Waals surface area contributed by atoms with Crippen molar-refractivity contribution >= 4 is 45.4 Å². The molecular weight excluding hydrogens is 534 g/mol. The first kappa shape index (κ1) is 27.3. The molecule has 3 aliphatic rings. The van der Waals surface area contributed by atoms with E-state index in [1.165, 1.54) is 0 Å². The van der Waals surface area contributed by atoms with Crippen molar-refractivity contribution in [1.29, 1.82) is 0 Å². The first-order valence-electron chi connectivity index (χ1n) is 14.1. The van der Waals surface area contributed by atoms with Crippen LogP contribution in [-0.2, 0) is 19.1 Å². The molecule has 0 saturated carbocycles. The number of H-pyrrole nitrogens is 2. The second-order valence-corrected chi connectivity index (χ2v) is 9.90. The number of aromatic nitrogens is 4. The van der Waals surface area contributed by atoms with Gasteiger partial charge >= 0.3 is 5.97 Å². The highest BCUT2D eigenvalue weighted by Gasteiger charge is 2.26. The quantitative estimate of drug-likeness (QED) is 0.305. The number of fused-ring (bicyclic) bond motifs is 2. The minimum atomic E-state index is -0.348. The number of aromatic amines is 2. The number of hydrogen-bond acceptors (Lipinski definition) is 8. The Morgan fingerprint density at radius 2 is 1.40 bits per heavy atom. The number of ether oxygens (including phenoxy) is 2. The number of carbonyl (C=O) groups is 2. The van der Waals surface area contributed by atoms with Crippen LogP contribution in [0.25, 0.3) is 22.1 Å². The molecular formula is C31H31N7O4. The molecule has 0 bridgehead atoms. The molecule has 0 atom stereocenters. The largest absolute Gasteiger partial charge is 0.462 e. The summed E-state index contributed by atoms with van der Waals surface area (Å²) in [6.07, 6.45) is 5.34. The van der Waals surface area contributed by atoms with Crippen molar-refractivity contribution in [2.24, 2.45) is 9.98 Å². The number of para-hydroxylation sites is 4. The van der Waals surface area contributed by atoms with E-state index in [0.29, 0.717) is 67.1 Å². The molecule has 2 aromatic carbocycles. The summed E-state index contributed by atoms with van der Waals surface area (Å²) in [7, 11) is 0. The average molecular weight is 566 g/mol. The maximum Gasteiger partial charge on any atom is 0.340 e. The topological polar surface area (TPSA) is 147 Å². The maximum absolute atomic E-state index is 12.6. The van der Waals surface area contributed by atoms with Crippen molar-refractivity contribution in [1.82, 2.24) is 25.3 Å². The molecule has 1 saturated heterocycles. The van der Waals surface area contributed by atoms with Gasteiger partial charge in [0.2, 0.25) is 0 Å². The predicted octanol–water partition coefficient (Wildman–Crippen LogP) is 3.44. The zero-order valence-electron chi connectivity index (χ0n) is 23.2. The molecule has 11 nitrogen and oxygen atoms in total. The van der Waals surface area contributed by atoms with Crippen LogP contribution >= 0.6 is 0 Å². The van der Waals surface area contributed by atoms with Crippen molar-refractivity contribution < 1.29 is 19.1 Å². The molecule has 3 aliphatic heterocycles. The van der Waals surface area contributed by atoms with E-state index in [9.17, 15) is 9.59 Å². The fourth-order valence-corrected chi connectivity index (χ4v) is 5.05. The Bertz CT molecular complexity index is 1690. The second-order valence-electron chi connectivity index (χ2n) is 9.90. The Morgan fingerprint density at radius 1 is 0.857 bits per heavy atom. The van der Waals surface area contributed by atoms with Crippen molar-refractivity contribution in [3.05, 3.63) is 83.5 Å². The van der Waals surface area contributed by atoms with Gasteiger partial charge in [0.05, 0.1) is 52.9 Å². The molecule has 42 heavy (non-hydrogen) atoms. The lowest BCUT2D eigenvalue weighted by Crippen LogP contribution is -2.40. The van der Waals surface area contributed by atoms with Crippen LogP contribution < -0.4 is 5.32 Å². The third kappa shape index (κ3) is 5.77. The lowest BCUT2D eigenvalue weighted by atomic mass is 10.1. The smallest absolute Gasteiger partial charge is 0.340 e. The Labute approximate surface area is 241 Å². The van der Waals surface area contributed by atoms with E-state index in [4.69, 9.17) is 9.47 Å². The average Bonchev–Trinajstić information content (AvgIpc) is 3.82. The Hall–Kier alpha value is -4.90. The Morgan fingerprint density at radius 3 is 1.98 bits per heavy atom. The van der Waals surface area contributed by atoms with Crippen LogP contribution in [0, 0.1) is 0 Å². The Balaban J connectivity index is 0.000000153. The van der Waals surface area contributed by atoms with Crippen LogP contribution in [0.3, 0.4) is 0 Å². The molecule has 0 aliphatic carbocycles. The van der Waals surface area contributed by atoms with Crippen molar-refractivity contribution in [3.8, 4) is 0 Å². The number of hydrogen-bond donors (Lipinski definition) is 3. The number of benzene rings is 2. The van der Waals surface area contributed by atoms with Crippen LogP contribution in [-0.4, -0.2) is 82.2 Å². The normalized spacial score (nSPS) is 16.8. The molecule has 0 radical (unpaired) electrons. The summed E-state index contributed by atoms with van der Waals surface area (Å²) in [4.78, 5) is 48.6. The summed E-state index contributed by atoms with van der Waals surface area (Å²) in [5, 5.41) is 3.08. The molecule has 4 aromatic rings. The lowest BCUT2D eigenvalue weighted by Gasteiger charge is -2.23. The Kier molecular flexibility index (Phi) is 8.00. The summed E-state index contributed by atoms with van der Waals surface area (Å²) >= 11 is 0. The van der Waals surface area contributed by atoms with Crippen LogP contribution in [0.1, 0.15) is 31.4 Å². The summed E-state index contributed by atoms with van der Waals surface area (Å²) in [6, 6.07) is 15.7. The van der Waals surface area contributed by atoms with Crippen LogP contribution in [0.5, 0.6) is 0 Å². The highest BCUT2D eigenvalue weighted by Crippen LogP contribution is 2.19. The number of esters is 1. The standard InChI is InChI=1S/C17H18N4O2.C14H13N3O2/c22-17(19-11-6-9-23-10-7-11)12-5-8-18-15(12)16-20-13-3-1-2-4-14(13)21-16;1-2-19-14(18)9-7-8-15-12(9)13-16-10-5-3-4-6-11(10)17-13/h1-5,11H,6-10H2,(H,19,22)(H,20,21);3-7H,2,8H2,1H3,(H,16,17). The van der Waals surface area contributed by atoms with Gasteiger partial charge < -0.3 is 24.8 Å². The van der Waals surface area contributed by atoms with Gasteiger partial charge in [-0.25, -0.2) is 14.8 Å². The van der Waals surface area contributed by atoms with Gasteiger partial charge in [0.1, 0.15) is 11.4 Å². The van der Waals surface area contributed by atoms with Crippen LogP contribution in [0.4, 0.5) is 0 Å². The molecule has 0 spiro atoms. The van der Waals surface area contributed by atoms with Gasteiger partial charge in [-0.05, 0) is 56.2 Å². The van der Waals surface area contributed by atoms with Gasteiger partial charge in [-0.1, -0.05) is 24.3 Å². The third-order valence-corrected chi connectivity index (χ3v) is 7.12. The minimum Gasteiger partial charge on any atom is -0.462 e. The third-order valence-electron chi connectivity index (χ3n) is 7.12. The number of nitrogens with zero attached hydrogens (tertiary/aromatic N) is 4. The van der Waals surface area contributed by atoms with Gasteiger partial charge in [0.15, 0.2) is 11.6 Å². The van der Waals surface area contributed by atoms with E-state index in [1.807, 2.05) is 54.6 Å². The molecule has 0 unspecified atom stereocenters. The first-order valence-corrected chi connectivity index (χ1v) is 14.1. The predicted molar refractivity (Wildman–Crippen MR) is 160 cm³/mol. The number of rotatable bonds is 6. The summed E-state index contributed by atoms with van der Waals surface area (Å²) in [5.41, 5.74) is 5.92. The van der Waals surface area contributed by atoms with Crippen LogP contribution in [0.15, 0.2) is 81.8 Å². The number of imidazole rings is 2. The molecule has 1 amide bonds. The number of nitrogens with one attached hydrogen (secondary N) is 3. The second kappa shape index (κ2) is 12.3. The van der Waals surface area contributed by atoms with Gasteiger partial charge in [-0.15, -0.1) is 0 Å². The summed E-state index contributed by atoms with van der Waals surface area (Å²) < 4.78 is 10.3. The van der Waals surface area contributed by atoms with E-state index in [0.717, 1.165) is 34.9 Å². The zero-order valence-corrected chi connectivity index (χ0v) is 23.2. The van der Waals surface area contributed by atoms with Crippen molar-refractivity contribution in [3.63, 3.8) is 0 Å².